The largest absolute Gasteiger partial charge is 0.416 e. The average Bonchev–Trinajstić information content (AvgIpc) is 3.53. The molecule has 0 fully saturated rings. The summed E-state index contributed by atoms with van der Waals surface area (Å²) < 4.78 is 43.8. The van der Waals surface area contributed by atoms with E-state index >= 15 is 0 Å². The molecule has 8 nitrogen and oxygen atoms in total. The summed E-state index contributed by atoms with van der Waals surface area (Å²) in [6.07, 6.45) is 3.55. The van der Waals surface area contributed by atoms with Gasteiger partial charge in [-0.05, 0) is 24.5 Å². The molecule has 0 aliphatic heterocycles. The molecule has 0 atom stereocenters. The van der Waals surface area contributed by atoms with Crippen molar-refractivity contribution in [3.8, 4) is 11.4 Å². The first kappa shape index (κ1) is 21.0. The van der Waals surface area contributed by atoms with Crippen LogP contribution in [0.25, 0.3) is 28.3 Å². The predicted octanol–water partition coefficient (Wildman–Crippen LogP) is 3.91. The van der Waals surface area contributed by atoms with Crippen LogP contribution in [0.5, 0.6) is 0 Å². The zero-order chi connectivity index (χ0) is 23.2. The molecule has 11 heteroatoms. The lowest BCUT2D eigenvalue weighted by Gasteiger charge is -2.08. The number of nitrogens with zero attached hydrogens (tertiary/aromatic N) is 6. The van der Waals surface area contributed by atoms with Gasteiger partial charge in [-0.15, -0.1) is 0 Å². The van der Waals surface area contributed by atoms with E-state index in [9.17, 15) is 18.0 Å². The molecular weight excluding hydrogens is 435 g/mol. The number of hydrogen-bond acceptors (Lipinski definition) is 4. The van der Waals surface area contributed by atoms with Crippen LogP contribution < -0.4 is 5.56 Å². The number of H-pyrrole nitrogens is 1. The first-order valence-corrected chi connectivity index (χ1v) is 10.5. The van der Waals surface area contributed by atoms with E-state index in [1.165, 1.54) is 6.07 Å². The standard InChI is InChI=1S/C22H20F3N7O/c1-2-8-32-20(33)17-19(31-10-7-26-21(31)32)29-18(28-17)15-12-27-30(13-15)9-6-14-4-3-5-16(11-14)22(23,24)25/h3-5,7,10-13H,2,6,8-9H2,1H3,(H,28,29). The van der Waals surface area contributed by atoms with Crippen molar-refractivity contribution in [1.29, 1.82) is 0 Å². The molecule has 5 aromatic rings. The van der Waals surface area contributed by atoms with Gasteiger partial charge < -0.3 is 4.98 Å². The molecule has 1 aromatic carbocycles. The van der Waals surface area contributed by atoms with E-state index in [1.807, 2.05) is 6.92 Å². The normalized spacial score (nSPS) is 12.2. The van der Waals surface area contributed by atoms with Gasteiger partial charge in [0.25, 0.3) is 5.56 Å². The number of hydrogen-bond donors (Lipinski definition) is 1. The maximum absolute atomic E-state index is 13.0. The van der Waals surface area contributed by atoms with Crippen molar-refractivity contribution in [3.63, 3.8) is 0 Å². The smallest absolute Gasteiger partial charge is 0.332 e. The highest BCUT2D eigenvalue weighted by Gasteiger charge is 2.30. The van der Waals surface area contributed by atoms with Crippen LogP contribution in [0.3, 0.4) is 0 Å². The minimum absolute atomic E-state index is 0.193. The molecule has 0 spiro atoms. The Bertz CT molecular complexity index is 1510. The highest BCUT2D eigenvalue weighted by molar-refractivity contribution is 5.77. The van der Waals surface area contributed by atoms with Crippen molar-refractivity contribution in [2.75, 3.05) is 0 Å². The molecule has 0 radical (unpaired) electrons. The zero-order valence-electron chi connectivity index (χ0n) is 17.7. The molecule has 4 heterocycles. The van der Waals surface area contributed by atoms with Crippen LogP contribution in [0, 0.1) is 0 Å². The Hall–Kier alpha value is -3.89. The van der Waals surface area contributed by atoms with Crippen LogP contribution in [0.2, 0.25) is 0 Å². The second-order valence-electron chi connectivity index (χ2n) is 7.78. The third-order valence-electron chi connectivity index (χ3n) is 5.47. The predicted molar refractivity (Wildman–Crippen MR) is 116 cm³/mol. The molecule has 0 saturated carbocycles. The van der Waals surface area contributed by atoms with Gasteiger partial charge in [-0.3, -0.25) is 18.4 Å². The molecule has 0 saturated heterocycles. The number of imidazole rings is 2. The van der Waals surface area contributed by atoms with E-state index in [-0.39, 0.29) is 5.56 Å². The summed E-state index contributed by atoms with van der Waals surface area (Å²) >= 11 is 0. The first-order valence-electron chi connectivity index (χ1n) is 10.5. The van der Waals surface area contributed by atoms with E-state index in [0.29, 0.717) is 53.4 Å². The van der Waals surface area contributed by atoms with E-state index in [2.05, 4.69) is 20.1 Å². The molecule has 5 rings (SSSR count). The van der Waals surface area contributed by atoms with Crippen LogP contribution >= 0.6 is 0 Å². The van der Waals surface area contributed by atoms with Crippen LogP contribution in [0.4, 0.5) is 13.2 Å². The van der Waals surface area contributed by atoms with Gasteiger partial charge in [0.1, 0.15) is 5.82 Å². The molecule has 0 unspecified atom stereocenters. The summed E-state index contributed by atoms with van der Waals surface area (Å²) in [5.74, 6) is 1.01. The summed E-state index contributed by atoms with van der Waals surface area (Å²) in [6.45, 7) is 2.93. The third-order valence-corrected chi connectivity index (χ3v) is 5.47. The molecule has 170 valence electrons. The van der Waals surface area contributed by atoms with Gasteiger partial charge in [-0.1, -0.05) is 25.1 Å². The quantitative estimate of drug-likeness (QED) is 0.421. The Morgan fingerprint density at radius 2 is 2.03 bits per heavy atom. The highest BCUT2D eigenvalue weighted by atomic mass is 19.4. The Balaban J connectivity index is 1.43. The Morgan fingerprint density at radius 1 is 1.18 bits per heavy atom. The summed E-state index contributed by atoms with van der Waals surface area (Å²) in [5, 5.41) is 4.30. The Labute approximate surface area is 185 Å². The molecule has 1 N–H and O–H groups in total. The van der Waals surface area contributed by atoms with Crippen molar-refractivity contribution in [1.82, 2.24) is 33.7 Å². The molecule has 0 aliphatic rings. The molecule has 33 heavy (non-hydrogen) atoms. The summed E-state index contributed by atoms with van der Waals surface area (Å²) in [7, 11) is 0. The number of benzene rings is 1. The Morgan fingerprint density at radius 3 is 2.82 bits per heavy atom. The van der Waals surface area contributed by atoms with Crippen molar-refractivity contribution >= 4 is 16.9 Å². The van der Waals surface area contributed by atoms with E-state index in [4.69, 9.17) is 0 Å². The molecular formula is C22H20F3N7O. The third kappa shape index (κ3) is 3.79. The minimum Gasteiger partial charge on any atom is -0.332 e. The van der Waals surface area contributed by atoms with Gasteiger partial charge in [-0.25, -0.2) is 9.97 Å². The van der Waals surface area contributed by atoms with Crippen molar-refractivity contribution in [2.45, 2.75) is 39.0 Å². The topological polar surface area (TPSA) is 85.8 Å². The lowest BCUT2D eigenvalue weighted by atomic mass is 10.1. The Kier molecular flexibility index (Phi) is 5.03. The van der Waals surface area contributed by atoms with Crippen LogP contribution in [-0.2, 0) is 25.7 Å². The van der Waals surface area contributed by atoms with Gasteiger partial charge in [0, 0.05) is 31.7 Å². The molecule has 4 aromatic heterocycles. The summed E-state index contributed by atoms with van der Waals surface area (Å²) in [5.41, 5.74) is 1.24. The van der Waals surface area contributed by atoms with Crippen molar-refractivity contribution in [3.05, 3.63) is 70.5 Å². The van der Waals surface area contributed by atoms with Crippen LogP contribution in [0.15, 0.2) is 53.8 Å². The van der Waals surface area contributed by atoms with E-state index in [0.717, 1.165) is 18.6 Å². The van der Waals surface area contributed by atoms with Crippen LogP contribution in [0.1, 0.15) is 24.5 Å². The second kappa shape index (κ2) is 7.91. The van der Waals surface area contributed by atoms with Gasteiger partial charge in [-0.2, -0.15) is 18.3 Å². The van der Waals surface area contributed by atoms with Gasteiger partial charge in [0.15, 0.2) is 11.2 Å². The zero-order valence-corrected chi connectivity index (χ0v) is 17.7. The number of aromatic nitrogens is 7. The minimum atomic E-state index is -4.37. The number of aryl methyl sites for hydroxylation is 3. The number of nitrogens with one attached hydrogen (secondary N) is 1. The SMILES string of the molecule is CCCn1c(=O)c2[nH]c(-c3cnn(CCc4cccc(C(F)(F)F)c4)c3)nc2n2ccnc12. The fourth-order valence-electron chi connectivity index (χ4n) is 3.89. The maximum atomic E-state index is 13.0. The molecule has 0 bridgehead atoms. The molecule has 0 amide bonds. The van der Waals surface area contributed by atoms with E-state index < -0.39 is 11.7 Å². The average molecular weight is 455 g/mol. The number of halogens is 3. The monoisotopic (exact) mass is 455 g/mol. The number of aromatic amines is 1. The fourth-order valence-corrected chi connectivity index (χ4v) is 3.89. The number of alkyl halides is 3. The number of fused-ring (bicyclic) bond motifs is 3. The summed E-state index contributed by atoms with van der Waals surface area (Å²) in [6, 6.07) is 5.28. The maximum Gasteiger partial charge on any atom is 0.416 e. The highest BCUT2D eigenvalue weighted by Crippen LogP contribution is 2.29. The lowest BCUT2D eigenvalue weighted by Crippen LogP contribution is -2.23. The number of rotatable bonds is 6. The molecule has 0 aliphatic carbocycles. The van der Waals surface area contributed by atoms with Crippen LogP contribution in [-0.4, -0.2) is 33.7 Å². The second-order valence-corrected chi connectivity index (χ2v) is 7.78. The summed E-state index contributed by atoms with van der Waals surface area (Å²) in [4.78, 5) is 25.0. The van der Waals surface area contributed by atoms with Crippen molar-refractivity contribution < 1.29 is 13.2 Å². The fraction of sp³-hybridized carbons (Fsp3) is 0.273. The van der Waals surface area contributed by atoms with Gasteiger partial charge in [0.05, 0.1) is 17.3 Å². The van der Waals surface area contributed by atoms with Gasteiger partial charge in [0.2, 0.25) is 5.78 Å². The van der Waals surface area contributed by atoms with Gasteiger partial charge >= 0.3 is 6.18 Å². The first-order chi connectivity index (χ1) is 15.8. The van der Waals surface area contributed by atoms with Crippen molar-refractivity contribution in [2.24, 2.45) is 0 Å². The van der Waals surface area contributed by atoms with E-state index in [1.54, 1.807) is 44.5 Å². The lowest BCUT2D eigenvalue weighted by molar-refractivity contribution is -0.137.